The third kappa shape index (κ3) is 4.02. The molecule has 5 heterocycles. The van der Waals surface area contributed by atoms with Crippen molar-refractivity contribution < 1.29 is 9.53 Å². The van der Waals surface area contributed by atoms with Crippen molar-refractivity contribution in [3.63, 3.8) is 0 Å². The Labute approximate surface area is 215 Å². The van der Waals surface area contributed by atoms with Crippen LogP contribution in [0.4, 0.5) is 5.82 Å². The van der Waals surface area contributed by atoms with Gasteiger partial charge in [-0.2, -0.15) is 9.97 Å². The SMILES string of the molecule is CCc1nc2ccccc2n1-c1nc(N2CCOCC2)c2nc(C(=O)N3CC[C@H](N(C)C)C3)n(C)c2n1. The number of likely N-dealkylation sites (tertiary alicyclic amines) is 1. The molecule has 0 saturated carbocycles. The molecule has 0 unspecified atom stereocenters. The van der Waals surface area contributed by atoms with E-state index in [1.165, 1.54) is 0 Å². The number of amides is 1. The fraction of sp³-hybridized carbons (Fsp3) is 0.500. The zero-order valence-corrected chi connectivity index (χ0v) is 21.9. The second-order valence-electron chi connectivity index (χ2n) is 9.98. The van der Waals surface area contributed by atoms with Gasteiger partial charge >= 0.3 is 0 Å². The summed E-state index contributed by atoms with van der Waals surface area (Å²) in [7, 11) is 5.99. The van der Waals surface area contributed by atoms with Crippen LogP contribution in [-0.4, -0.2) is 104 Å². The molecule has 2 fully saturated rings. The minimum atomic E-state index is -0.0679. The molecule has 11 heteroatoms. The first-order valence-electron chi connectivity index (χ1n) is 13.0. The van der Waals surface area contributed by atoms with Gasteiger partial charge in [0.15, 0.2) is 17.0 Å². The maximum absolute atomic E-state index is 13.6. The van der Waals surface area contributed by atoms with Gasteiger partial charge < -0.3 is 24.0 Å². The van der Waals surface area contributed by atoms with Crippen LogP contribution in [0, 0.1) is 0 Å². The van der Waals surface area contributed by atoms with E-state index in [2.05, 4.69) is 30.8 Å². The lowest BCUT2D eigenvalue weighted by Crippen LogP contribution is -2.37. The highest BCUT2D eigenvalue weighted by atomic mass is 16.5. The van der Waals surface area contributed by atoms with Crippen LogP contribution in [-0.2, 0) is 18.2 Å². The number of fused-ring (bicyclic) bond motifs is 2. The Kier molecular flexibility index (Phi) is 6.04. The minimum absolute atomic E-state index is 0.0679. The molecule has 1 atom stereocenters. The summed E-state index contributed by atoms with van der Waals surface area (Å²) < 4.78 is 9.45. The standard InChI is InChI=1S/C26H33N9O2/c1-5-20-27-18-8-6-7-9-19(18)35(20)26-29-22-21(23(30-26)33-12-14-37-15-13-33)28-24(32(22)4)25(36)34-11-10-17(16-34)31(2)3/h6-9,17H,5,10-16H2,1-4H3/t17-/m0/s1. The van der Waals surface area contributed by atoms with Gasteiger partial charge in [0.05, 0.1) is 24.2 Å². The summed E-state index contributed by atoms with van der Waals surface area (Å²) >= 11 is 0. The number of nitrogens with zero attached hydrogens (tertiary/aromatic N) is 9. The number of para-hydroxylation sites is 2. The molecule has 2 saturated heterocycles. The smallest absolute Gasteiger partial charge is 0.289 e. The van der Waals surface area contributed by atoms with Crippen LogP contribution in [0.15, 0.2) is 24.3 Å². The minimum Gasteiger partial charge on any atom is -0.378 e. The average Bonchev–Trinajstić information content (AvgIpc) is 3.64. The Hall–Kier alpha value is -3.57. The van der Waals surface area contributed by atoms with Gasteiger partial charge in [-0.25, -0.2) is 9.97 Å². The van der Waals surface area contributed by atoms with E-state index in [1.807, 2.05) is 45.3 Å². The molecule has 2 aliphatic rings. The van der Waals surface area contributed by atoms with Gasteiger partial charge in [-0.05, 0) is 32.6 Å². The molecule has 2 aliphatic heterocycles. The molecule has 6 rings (SSSR count). The van der Waals surface area contributed by atoms with Gasteiger partial charge in [-0.3, -0.25) is 9.36 Å². The van der Waals surface area contributed by atoms with Crippen LogP contribution >= 0.6 is 0 Å². The van der Waals surface area contributed by atoms with Gasteiger partial charge in [0, 0.05) is 45.7 Å². The number of aromatic nitrogens is 6. The summed E-state index contributed by atoms with van der Waals surface area (Å²) in [4.78, 5) is 39.6. The first-order valence-corrected chi connectivity index (χ1v) is 13.0. The van der Waals surface area contributed by atoms with Crippen LogP contribution in [0.3, 0.4) is 0 Å². The Balaban J connectivity index is 1.51. The van der Waals surface area contributed by atoms with E-state index in [0.29, 0.717) is 61.8 Å². The molecule has 1 aromatic carbocycles. The topological polar surface area (TPSA) is 97.4 Å². The fourth-order valence-electron chi connectivity index (χ4n) is 5.35. The molecule has 4 aromatic rings. The number of carbonyl (C=O) groups excluding carboxylic acids is 1. The largest absolute Gasteiger partial charge is 0.378 e. The summed E-state index contributed by atoms with van der Waals surface area (Å²) in [6.07, 6.45) is 1.69. The zero-order valence-electron chi connectivity index (χ0n) is 21.9. The number of aryl methyl sites for hydroxylation is 2. The highest BCUT2D eigenvalue weighted by Gasteiger charge is 2.32. The van der Waals surface area contributed by atoms with Crippen molar-refractivity contribution in [3.8, 4) is 5.95 Å². The quantitative estimate of drug-likeness (QED) is 0.407. The predicted molar refractivity (Wildman–Crippen MR) is 141 cm³/mol. The van der Waals surface area contributed by atoms with E-state index in [1.54, 1.807) is 0 Å². The number of carbonyl (C=O) groups is 1. The number of likely N-dealkylation sites (N-methyl/N-ethyl adjacent to an activating group) is 1. The average molecular weight is 504 g/mol. The molecule has 0 spiro atoms. The van der Waals surface area contributed by atoms with Crippen molar-refractivity contribution >= 4 is 33.9 Å². The van der Waals surface area contributed by atoms with E-state index in [0.717, 1.165) is 42.1 Å². The summed E-state index contributed by atoms with van der Waals surface area (Å²) in [6, 6.07) is 8.39. The summed E-state index contributed by atoms with van der Waals surface area (Å²) in [5.41, 5.74) is 3.14. The third-order valence-electron chi connectivity index (χ3n) is 7.52. The van der Waals surface area contributed by atoms with Gasteiger partial charge in [0.2, 0.25) is 11.8 Å². The van der Waals surface area contributed by atoms with E-state index >= 15 is 0 Å². The summed E-state index contributed by atoms with van der Waals surface area (Å²) in [5.74, 6) is 2.47. The molecule has 0 N–H and O–H groups in total. The van der Waals surface area contributed by atoms with Crippen LogP contribution in [0.2, 0.25) is 0 Å². The van der Waals surface area contributed by atoms with Crippen molar-refractivity contribution in [3.05, 3.63) is 35.9 Å². The molecule has 0 bridgehead atoms. The Bertz CT molecular complexity index is 1470. The summed E-state index contributed by atoms with van der Waals surface area (Å²) in [5, 5.41) is 0. The highest BCUT2D eigenvalue weighted by molar-refractivity contribution is 5.96. The first kappa shape index (κ1) is 23.8. The molecule has 37 heavy (non-hydrogen) atoms. The second kappa shape index (κ2) is 9.38. The van der Waals surface area contributed by atoms with Crippen molar-refractivity contribution in [1.29, 1.82) is 0 Å². The summed E-state index contributed by atoms with van der Waals surface area (Å²) in [6.45, 7) is 6.14. The lowest BCUT2D eigenvalue weighted by Gasteiger charge is -2.28. The molecule has 194 valence electrons. The number of imidazole rings is 2. The van der Waals surface area contributed by atoms with Gasteiger partial charge in [0.1, 0.15) is 5.82 Å². The maximum atomic E-state index is 13.6. The molecule has 0 radical (unpaired) electrons. The number of anilines is 1. The van der Waals surface area contributed by atoms with Crippen molar-refractivity contribution in [2.24, 2.45) is 7.05 Å². The lowest BCUT2D eigenvalue weighted by atomic mass is 10.2. The normalized spacial score (nSPS) is 18.6. The molecule has 1 amide bonds. The van der Waals surface area contributed by atoms with Crippen LogP contribution < -0.4 is 4.90 Å². The number of hydrogen-bond donors (Lipinski definition) is 0. The lowest BCUT2D eigenvalue weighted by molar-refractivity contribution is 0.0768. The second-order valence-corrected chi connectivity index (χ2v) is 9.98. The van der Waals surface area contributed by atoms with E-state index < -0.39 is 0 Å². The Morgan fingerprint density at radius 3 is 2.59 bits per heavy atom. The van der Waals surface area contributed by atoms with Crippen molar-refractivity contribution in [1.82, 2.24) is 38.9 Å². The van der Waals surface area contributed by atoms with Crippen LogP contribution in [0.1, 0.15) is 29.8 Å². The number of rotatable bonds is 5. The molecule has 11 nitrogen and oxygen atoms in total. The molecular weight excluding hydrogens is 470 g/mol. The third-order valence-corrected chi connectivity index (χ3v) is 7.52. The number of benzene rings is 1. The maximum Gasteiger partial charge on any atom is 0.289 e. The van der Waals surface area contributed by atoms with Gasteiger partial charge in [0.25, 0.3) is 5.91 Å². The predicted octanol–water partition coefficient (Wildman–Crippen LogP) is 1.88. The van der Waals surface area contributed by atoms with Crippen molar-refractivity contribution in [2.45, 2.75) is 25.8 Å². The van der Waals surface area contributed by atoms with Gasteiger partial charge in [-0.1, -0.05) is 19.1 Å². The number of ether oxygens (including phenoxy) is 1. The molecular formula is C26H33N9O2. The van der Waals surface area contributed by atoms with E-state index in [4.69, 9.17) is 24.7 Å². The zero-order chi connectivity index (χ0) is 25.7. The van der Waals surface area contributed by atoms with Gasteiger partial charge in [-0.15, -0.1) is 0 Å². The number of hydrogen-bond acceptors (Lipinski definition) is 8. The highest BCUT2D eigenvalue weighted by Crippen LogP contribution is 2.29. The number of morpholine rings is 1. The fourth-order valence-corrected chi connectivity index (χ4v) is 5.35. The monoisotopic (exact) mass is 503 g/mol. The molecule has 0 aliphatic carbocycles. The van der Waals surface area contributed by atoms with E-state index in [-0.39, 0.29) is 5.91 Å². The van der Waals surface area contributed by atoms with Crippen LogP contribution in [0.5, 0.6) is 0 Å². The molecule has 3 aromatic heterocycles. The van der Waals surface area contributed by atoms with Crippen LogP contribution in [0.25, 0.3) is 28.1 Å². The first-order chi connectivity index (χ1) is 18.0. The van der Waals surface area contributed by atoms with E-state index in [9.17, 15) is 4.79 Å². The Morgan fingerprint density at radius 2 is 1.86 bits per heavy atom. The Morgan fingerprint density at radius 1 is 1.08 bits per heavy atom. The van der Waals surface area contributed by atoms with Crippen molar-refractivity contribution in [2.75, 3.05) is 58.4 Å².